The highest BCUT2D eigenvalue weighted by molar-refractivity contribution is 7.10. The number of ether oxygens (including phenoxy) is 1. The number of aromatic nitrogens is 2. The fraction of sp³-hybridized carbons (Fsp3) is 0.0667. The van der Waals surface area contributed by atoms with Gasteiger partial charge in [0.15, 0.2) is 0 Å². The highest BCUT2D eigenvalue weighted by Crippen LogP contribution is 2.20. The van der Waals surface area contributed by atoms with Crippen molar-refractivity contribution >= 4 is 11.3 Å². The SMILES string of the molecule is COc1ccc(-c2nnc(C#Cc3cccs3)o2)cc1. The molecule has 1 aromatic carbocycles. The highest BCUT2D eigenvalue weighted by atomic mass is 32.1. The van der Waals surface area contributed by atoms with Crippen molar-refractivity contribution in [2.75, 3.05) is 7.11 Å². The van der Waals surface area contributed by atoms with Crippen molar-refractivity contribution < 1.29 is 9.15 Å². The number of rotatable bonds is 2. The summed E-state index contributed by atoms with van der Waals surface area (Å²) >= 11 is 1.57. The van der Waals surface area contributed by atoms with E-state index in [4.69, 9.17) is 9.15 Å². The van der Waals surface area contributed by atoms with E-state index in [1.807, 2.05) is 41.8 Å². The van der Waals surface area contributed by atoms with Crippen LogP contribution in [0.1, 0.15) is 10.8 Å². The summed E-state index contributed by atoms with van der Waals surface area (Å²) in [5.74, 6) is 7.37. The summed E-state index contributed by atoms with van der Waals surface area (Å²) in [5, 5.41) is 9.88. The van der Waals surface area contributed by atoms with Crippen LogP contribution in [-0.2, 0) is 0 Å². The second-order valence-electron chi connectivity index (χ2n) is 3.87. The van der Waals surface area contributed by atoms with Gasteiger partial charge < -0.3 is 9.15 Å². The molecule has 0 amide bonds. The summed E-state index contributed by atoms with van der Waals surface area (Å²) in [5.41, 5.74) is 0.836. The van der Waals surface area contributed by atoms with Crippen molar-refractivity contribution in [2.45, 2.75) is 0 Å². The van der Waals surface area contributed by atoms with Crippen LogP contribution in [0.4, 0.5) is 0 Å². The van der Waals surface area contributed by atoms with E-state index in [2.05, 4.69) is 22.0 Å². The maximum absolute atomic E-state index is 5.51. The smallest absolute Gasteiger partial charge is 0.294 e. The van der Waals surface area contributed by atoms with Crippen LogP contribution in [0.2, 0.25) is 0 Å². The second-order valence-corrected chi connectivity index (χ2v) is 4.82. The molecule has 2 aromatic heterocycles. The van der Waals surface area contributed by atoms with Gasteiger partial charge in [-0.15, -0.1) is 16.4 Å². The highest BCUT2D eigenvalue weighted by Gasteiger charge is 2.06. The molecule has 0 aliphatic carbocycles. The van der Waals surface area contributed by atoms with E-state index >= 15 is 0 Å². The van der Waals surface area contributed by atoms with Crippen molar-refractivity contribution in [3.63, 3.8) is 0 Å². The van der Waals surface area contributed by atoms with Gasteiger partial charge in [0.25, 0.3) is 5.89 Å². The van der Waals surface area contributed by atoms with Crippen LogP contribution < -0.4 is 4.74 Å². The molecule has 3 rings (SSSR count). The molecule has 0 N–H and O–H groups in total. The molecule has 4 nitrogen and oxygen atoms in total. The molecule has 0 radical (unpaired) electrons. The van der Waals surface area contributed by atoms with Gasteiger partial charge in [0.2, 0.25) is 5.89 Å². The number of nitrogens with zero attached hydrogens (tertiary/aromatic N) is 2. The fourth-order valence-electron chi connectivity index (χ4n) is 1.59. The Labute approximate surface area is 120 Å². The summed E-state index contributed by atoms with van der Waals surface area (Å²) in [6, 6.07) is 11.3. The summed E-state index contributed by atoms with van der Waals surface area (Å²) in [6.45, 7) is 0. The zero-order valence-electron chi connectivity index (χ0n) is 10.7. The molecule has 0 saturated carbocycles. The number of hydrogen-bond acceptors (Lipinski definition) is 5. The Morgan fingerprint density at radius 3 is 2.65 bits per heavy atom. The summed E-state index contributed by atoms with van der Waals surface area (Å²) in [4.78, 5) is 0.967. The average Bonchev–Trinajstić information content (AvgIpc) is 3.17. The molecular weight excluding hydrogens is 272 g/mol. The number of thiophene rings is 1. The molecule has 3 aromatic rings. The van der Waals surface area contributed by atoms with Gasteiger partial charge in [0.05, 0.1) is 12.0 Å². The third kappa shape index (κ3) is 2.71. The van der Waals surface area contributed by atoms with E-state index in [9.17, 15) is 0 Å². The maximum Gasteiger partial charge on any atom is 0.294 e. The van der Waals surface area contributed by atoms with Crippen molar-refractivity contribution in [2.24, 2.45) is 0 Å². The third-order valence-electron chi connectivity index (χ3n) is 2.58. The lowest BCUT2D eigenvalue weighted by molar-refractivity contribution is 0.415. The van der Waals surface area contributed by atoms with Gasteiger partial charge in [0, 0.05) is 11.5 Å². The first-order valence-corrected chi connectivity index (χ1v) is 6.76. The van der Waals surface area contributed by atoms with E-state index in [0.29, 0.717) is 11.8 Å². The van der Waals surface area contributed by atoms with Crippen LogP contribution in [0.15, 0.2) is 46.2 Å². The molecule has 98 valence electrons. The Bertz CT molecular complexity index is 749. The predicted octanol–water partition coefficient (Wildman–Crippen LogP) is 3.21. The number of hydrogen-bond donors (Lipinski definition) is 0. The second kappa shape index (κ2) is 5.59. The van der Waals surface area contributed by atoms with Crippen molar-refractivity contribution in [1.29, 1.82) is 0 Å². The third-order valence-corrected chi connectivity index (χ3v) is 3.36. The quantitative estimate of drug-likeness (QED) is 0.677. The number of benzene rings is 1. The Hall–Kier alpha value is -2.58. The maximum atomic E-state index is 5.51. The average molecular weight is 282 g/mol. The van der Waals surface area contributed by atoms with Crippen molar-refractivity contribution in [3.8, 4) is 29.0 Å². The minimum atomic E-state index is 0.309. The molecule has 0 saturated heterocycles. The van der Waals surface area contributed by atoms with Crippen LogP contribution in [0.3, 0.4) is 0 Å². The van der Waals surface area contributed by atoms with Crippen LogP contribution in [0.25, 0.3) is 11.5 Å². The summed E-state index contributed by atoms with van der Waals surface area (Å²) in [7, 11) is 1.62. The summed E-state index contributed by atoms with van der Waals surface area (Å²) < 4.78 is 10.6. The predicted molar refractivity (Wildman–Crippen MR) is 76.6 cm³/mol. The summed E-state index contributed by atoms with van der Waals surface area (Å²) in [6.07, 6.45) is 0. The van der Waals surface area contributed by atoms with E-state index in [1.54, 1.807) is 18.4 Å². The van der Waals surface area contributed by atoms with E-state index < -0.39 is 0 Å². The van der Waals surface area contributed by atoms with Gasteiger partial charge in [0.1, 0.15) is 5.75 Å². The number of methoxy groups -OCH3 is 1. The Balaban J connectivity index is 1.82. The molecule has 0 aliphatic heterocycles. The first kappa shape index (κ1) is 12.5. The Kier molecular flexibility index (Phi) is 3.48. The van der Waals surface area contributed by atoms with E-state index in [-0.39, 0.29) is 0 Å². The lowest BCUT2D eigenvalue weighted by atomic mass is 10.2. The monoisotopic (exact) mass is 282 g/mol. The Morgan fingerprint density at radius 2 is 1.95 bits per heavy atom. The lowest BCUT2D eigenvalue weighted by Crippen LogP contribution is -1.82. The van der Waals surface area contributed by atoms with Crippen LogP contribution in [0.5, 0.6) is 5.75 Å². The molecule has 0 aliphatic rings. The zero-order valence-corrected chi connectivity index (χ0v) is 11.5. The molecule has 2 heterocycles. The molecule has 0 fully saturated rings. The van der Waals surface area contributed by atoms with Gasteiger partial charge in [-0.25, -0.2) is 0 Å². The van der Waals surface area contributed by atoms with Gasteiger partial charge >= 0.3 is 0 Å². The van der Waals surface area contributed by atoms with Gasteiger partial charge in [-0.05, 0) is 41.6 Å². The molecule has 0 atom stereocenters. The fourth-order valence-corrected chi connectivity index (χ4v) is 2.16. The van der Waals surface area contributed by atoms with E-state index in [1.165, 1.54) is 0 Å². The van der Waals surface area contributed by atoms with Crippen LogP contribution in [-0.4, -0.2) is 17.3 Å². The van der Waals surface area contributed by atoms with Gasteiger partial charge in [-0.2, -0.15) is 0 Å². The van der Waals surface area contributed by atoms with Crippen molar-refractivity contribution in [1.82, 2.24) is 10.2 Å². The van der Waals surface area contributed by atoms with Crippen LogP contribution >= 0.6 is 11.3 Å². The minimum absolute atomic E-state index is 0.309. The minimum Gasteiger partial charge on any atom is -0.497 e. The first-order chi connectivity index (χ1) is 9.85. The molecule has 0 bridgehead atoms. The normalized spacial score (nSPS) is 9.85. The van der Waals surface area contributed by atoms with E-state index in [0.717, 1.165) is 16.2 Å². The topological polar surface area (TPSA) is 48.2 Å². The lowest BCUT2D eigenvalue weighted by Gasteiger charge is -1.98. The first-order valence-electron chi connectivity index (χ1n) is 5.88. The molecule has 0 spiro atoms. The van der Waals surface area contributed by atoms with Gasteiger partial charge in [-0.3, -0.25) is 0 Å². The molecule has 0 unspecified atom stereocenters. The Morgan fingerprint density at radius 1 is 1.10 bits per heavy atom. The van der Waals surface area contributed by atoms with Crippen LogP contribution in [0, 0.1) is 11.8 Å². The molecule has 20 heavy (non-hydrogen) atoms. The molecule has 5 heteroatoms. The molecular formula is C15H10N2O2S. The van der Waals surface area contributed by atoms with Crippen molar-refractivity contribution in [3.05, 3.63) is 52.5 Å². The largest absolute Gasteiger partial charge is 0.497 e. The zero-order chi connectivity index (χ0) is 13.8. The standard InChI is InChI=1S/C15H10N2O2S/c1-18-12-6-4-11(5-7-12)15-17-16-14(19-15)9-8-13-3-2-10-20-13/h2-7,10H,1H3. The van der Waals surface area contributed by atoms with Gasteiger partial charge in [-0.1, -0.05) is 11.2 Å².